The lowest BCUT2D eigenvalue weighted by molar-refractivity contribution is -0.126. The monoisotopic (exact) mass is 279 g/mol. The largest absolute Gasteiger partial charge is 0.300 e. The van der Waals surface area contributed by atoms with Gasteiger partial charge < -0.3 is 0 Å². The van der Waals surface area contributed by atoms with Gasteiger partial charge in [0.2, 0.25) is 0 Å². The molecule has 0 amide bonds. The highest BCUT2D eigenvalue weighted by molar-refractivity contribution is 5.82. The second-order valence-electron chi connectivity index (χ2n) is 6.83. The zero-order valence-corrected chi connectivity index (χ0v) is 13.4. The Kier molecular flexibility index (Phi) is 7.06. The van der Waals surface area contributed by atoms with Crippen molar-refractivity contribution in [3.05, 3.63) is 0 Å². The van der Waals surface area contributed by atoms with Crippen molar-refractivity contribution in [1.29, 1.82) is 0 Å². The Labute approximate surface area is 125 Å². The van der Waals surface area contributed by atoms with Crippen LogP contribution in [0.25, 0.3) is 0 Å². The van der Waals surface area contributed by atoms with E-state index in [-0.39, 0.29) is 0 Å². The summed E-state index contributed by atoms with van der Waals surface area (Å²) in [6.45, 7) is 4.75. The molecule has 0 aromatic rings. The summed E-state index contributed by atoms with van der Waals surface area (Å²) in [4.78, 5) is 14.8. The van der Waals surface area contributed by atoms with Crippen LogP contribution >= 0.6 is 0 Å². The van der Waals surface area contributed by atoms with Gasteiger partial charge in [0.05, 0.1) is 0 Å². The SMILES string of the molecule is CCCCCCCCN1CCCC1C1CCCCC1=O. The molecule has 0 bridgehead atoms. The fourth-order valence-corrected chi connectivity index (χ4v) is 4.10. The maximum atomic E-state index is 12.1. The Hall–Kier alpha value is -0.370. The third kappa shape index (κ3) is 4.58. The predicted molar refractivity (Wildman–Crippen MR) is 84.9 cm³/mol. The van der Waals surface area contributed by atoms with Crippen LogP contribution in [0.1, 0.15) is 84.0 Å². The number of hydrogen-bond donors (Lipinski definition) is 0. The molecule has 1 aliphatic carbocycles. The number of ketones is 1. The van der Waals surface area contributed by atoms with Gasteiger partial charge in [-0.1, -0.05) is 45.4 Å². The second-order valence-corrected chi connectivity index (χ2v) is 6.83. The second kappa shape index (κ2) is 8.81. The number of carbonyl (C=O) groups is 1. The number of unbranched alkanes of at least 4 members (excludes halogenated alkanes) is 5. The minimum atomic E-state index is 0.381. The summed E-state index contributed by atoms with van der Waals surface area (Å²) in [6, 6.07) is 0.596. The molecule has 0 N–H and O–H groups in total. The molecule has 2 aliphatic rings. The topological polar surface area (TPSA) is 20.3 Å². The molecule has 1 saturated carbocycles. The van der Waals surface area contributed by atoms with Crippen molar-refractivity contribution in [3.8, 4) is 0 Å². The average Bonchev–Trinajstić information content (AvgIpc) is 2.91. The maximum Gasteiger partial charge on any atom is 0.137 e. The summed E-state index contributed by atoms with van der Waals surface area (Å²) >= 11 is 0. The van der Waals surface area contributed by atoms with Crippen molar-refractivity contribution in [1.82, 2.24) is 4.90 Å². The van der Waals surface area contributed by atoms with Gasteiger partial charge in [-0.2, -0.15) is 0 Å². The summed E-state index contributed by atoms with van der Waals surface area (Å²) < 4.78 is 0. The highest BCUT2D eigenvalue weighted by atomic mass is 16.1. The lowest BCUT2D eigenvalue weighted by Gasteiger charge is -2.33. The van der Waals surface area contributed by atoms with Crippen LogP contribution in [0.5, 0.6) is 0 Å². The lowest BCUT2D eigenvalue weighted by Crippen LogP contribution is -2.41. The quantitative estimate of drug-likeness (QED) is 0.607. The fraction of sp³-hybridized carbons (Fsp3) is 0.944. The van der Waals surface area contributed by atoms with E-state index >= 15 is 0 Å². The van der Waals surface area contributed by atoms with Crippen LogP contribution < -0.4 is 0 Å². The van der Waals surface area contributed by atoms with Gasteiger partial charge in [-0.25, -0.2) is 0 Å². The zero-order valence-electron chi connectivity index (χ0n) is 13.4. The molecule has 2 nitrogen and oxygen atoms in total. The van der Waals surface area contributed by atoms with Gasteiger partial charge >= 0.3 is 0 Å². The Balaban J connectivity index is 1.69. The molecule has 2 heteroatoms. The van der Waals surface area contributed by atoms with Crippen molar-refractivity contribution < 1.29 is 4.79 Å². The number of nitrogens with zero attached hydrogens (tertiary/aromatic N) is 1. The third-order valence-corrected chi connectivity index (χ3v) is 5.28. The first kappa shape index (κ1) is 16.0. The molecule has 20 heavy (non-hydrogen) atoms. The van der Waals surface area contributed by atoms with E-state index in [9.17, 15) is 4.79 Å². The molecule has 0 aromatic heterocycles. The standard InChI is InChI=1S/C18H33NO/c1-2-3-4-5-6-9-14-19-15-10-12-17(19)16-11-7-8-13-18(16)20/h16-17H,2-15H2,1H3. The van der Waals surface area contributed by atoms with Crippen molar-refractivity contribution in [2.75, 3.05) is 13.1 Å². The summed E-state index contributed by atoms with van der Waals surface area (Å²) in [5.41, 5.74) is 0. The van der Waals surface area contributed by atoms with Gasteiger partial charge in [0.1, 0.15) is 5.78 Å². The highest BCUT2D eigenvalue weighted by Gasteiger charge is 2.36. The van der Waals surface area contributed by atoms with Crippen molar-refractivity contribution in [3.63, 3.8) is 0 Å². The Morgan fingerprint density at radius 1 is 1.00 bits per heavy atom. The number of likely N-dealkylation sites (tertiary alicyclic amines) is 1. The van der Waals surface area contributed by atoms with E-state index in [0.29, 0.717) is 17.7 Å². The molecule has 0 radical (unpaired) electrons. The number of hydrogen-bond acceptors (Lipinski definition) is 2. The molecule has 2 atom stereocenters. The molecule has 0 aromatic carbocycles. The van der Waals surface area contributed by atoms with Crippen LogP contribution in [0.2, 0.25) is 0 Å². The fourth-order valence-electron chi connectivity index (χ4n) is 4.10. The highest BCUT2D eigenvalue weighted by Crippen LogP contribution is 2.32. The Bertz CT molecular complexity index is 289. The van der Waals surface area contributed by atoms with Crippen LogP contribution in [-0.2, 0) is 4.79 Å². The molecule has 2 rings (SSSR count). The van der Waals surface area contributed by atoms with E-state index in [1.807, 2.05) is 0 Å². The van der Waals surface area contributed by atoms with E-state index in [0.717, 1.165) is 19.3 Å². The third-order valence-electron chi connectivity index (χ3n) is 5.28. The maximum absolute atomic E-state index is 12.1. The molecule has 1 saturated heterocycles. The van der Waals surface area contributed by atoms with Crippen molar-refractivity contribution >= 4 is 5.78 Å². The molecule has 2 fully saturated rings. The smallest absolute Gasteiger partial charge is 0.137 e. The summed E-state index contributed by atoms with van der Waals surface area (Å²) in [5, 5.41) is 0. The summed E-state index contributed by atoms with van der Waals surface area (Å²) in [5.74, 6) is 0.947. The Morgan fingerprint density at radius 3 is 2.60 bits per heavy atom. The minimum Gasteiger partial charge on any atom is -0.300 e. The van der Waals surface area contributed by atoms with Crippen LogP contribution in [0, 0.1) is 5.92 Å². The van der Waals surface area contributed by atoms with Gasteiger partial charge in [0.15, 0.2) is 0 Å². The molecule has 2 unspecified atom stereocenters. The lowest BCUT2D eigenvalue weighted by atomic mass is 9.82. The van der Waals surface area contributed by atoms with Gasteiger partial charge in [-0.3, -0.25) is 9.69 Å². The van der Waals surface area contributed by atoms with Crippen LogP contribution in [-0.4, -0.2) is 29.8 Å². The van der Waals surface area contributed by atoms with E-state index in [2.05, 4.69) is 11.8 Å². The first-order valence-corrected chi connectivity index (χ1v) is 9.09. The van der Waals surface area contributed by atoms with Crippen LogP contribution in [0.3, 0.4) is 0 Å². The molecular weight excluding hydrogens is 246 g/mol. The zero-order chi connectivity index (χ0) is 14.2. The summed E-state index contributed by atoms with van der Waals surface area (Å²) in [7, 11) is 0. The van der Waals surface area contributed by atoms with Crippen molar-refractivity contribution in [2.45, 2.75) is 90.0 Å². The first-order valence-electron chi connectivity index (χ1n) is 9.09. The minimum absolute atomic E-state index is 0.381. The van der Waals surface area contributed by atoms with E-state index in [1.165, 1.54) is 70.9 Å². The Morgan fingerprint density at radius 2 is 1.80 bits per heavy atom. The number of carbonyl (C=O) groups excluding carboxylic acids is 1. The van der Waals surface area contributed by atoms with Gasteiger partial charge in [0, 0.05) is 18.4 Å². The van der Waals surface area contributed by atoms with Gasteiger partial charge in [0.25, 0.3) is 0 Å². The molecule has 0 spiro atoms. The van der Waals surface area contributed by atoms with Gasteiger partial charge in [-0.05, 0) is 45.2 Å². The molecular formula is C18H33NO. The first-order chi connectivity index (χ1) is 9.83. The number of Topliss-reactive ketones (excluding diaryl/α,β-unsaturated/α-hetero) is 1. The van der Waals surface area contributed by atoms with E-state index in [4.69, 9.17) is 0 Å². The van der Waals surface area contributed by atoms with E-state index < -0.39 is 0 Å². The van der Waals surface area contributed by atoms with Crippen LogP contribution in [0.15, 0.2) is 0 Å². The summed E-state index contributed by atoms with van der Waals surface area (Å²) in [6.07, 6.45) is 15.2. The van der Waals surface area contributed by atoms with Gasteiger partial charge in [-0.15, -0.1) is 0 Å². The van der Waals surface area contributed by atoms with Crippen molar-refractivity contribution in [2.24, 2.45) is 5.92 Å². The van der Waals surface area contributed by atoms with E-state index in [1.54, 1.807) is 0 Å². The number of rotatable bonds is 8. The molecule has 116 valence electrons. The normalized spacial score (nSPS) is 28.1. The molecule has 1 heterocycles. The van der Waals surface area contributed by atoms with Crippen LogP contribution in [0.4, 0.5) is 0 Å². The average molecular weight is 279 g/mol. The molecule has 1 aliphatic heterocycles. The predicted octanol–water partition coefficient (Wildman–Crippen LogP) is 4.57.